The SMILES string of the molecule is CCOC(=O)C(C#N)C(c1ccc(OC)cc1)N1CCN(c2ccccc2)CC1. The van der Waals surface area contributed by atoms with Gasteiger partial charge in [0.05, 0.1) is 25.8 Å². The van der Waals surface area contributed by atoms with Crippen molar-refractivity contribution in [2.24, 2.45) is 5.92 Å². The predicted molar refractivity (Wildman–Crippen MR) is 112 cm³/mol. The maximum Gasteiger partial charge on any atom is 0.325 e. The number of carbonyl (C=O) groups excluding carboxylic acids is 1. The number of esters is 1. The van der Waals surface area contributed by atoms with Gasteiger partial charge in [-0.3, -0.25) is 9.69 Å². The van der Waals surface area contributed by atoms with Gasteiger partial charge in [-0.25, -0.2) is 0 Å². The zero-order valence-corrected chi connectivity index (χ0v) is 17.0. The predicted octanol–water partition coefficient (Wildman–Crippen LogP) is 3.26. The van der Waals surface area contributed by atoms with Crippen molar-refractivity contribution in [1.82, 2.24) is 4.90 Å². The molecule has 3 rings (SSSR count). The fraction of sp³-hybridized carbons (Fsp3) is 0.391. The molecule has 0 radical (unpaired) electrons. The minimum atomic E-state index is -0.883. The molecule has 0 bridgehead atoms. The highest BCUT2D eigenvalue weighted by Gasteiger charge is 2.36. The van der Waals surface area contributed by atoms with Crippen LogP contribution in [-0.2, 0) is 9.53 Å². The molecule has 2 aromatic rings. The summed E-state index contributed by atoms with van der Waals surface area (Å²) in [4.78, 5) is 17.1. The van der Waals surface area contributed by atoms with Crippen molar-refractivity contribution in [2.45, 2.75) is 13.0 Å². The zero-order valence-electron chi connectivity index (χ0n) is 17.0. The van der Waals surface area contributed by atoms with Gasteiger partial charge in [-0.1, -0.05) is 30.3 Å². The average Bonchev–Trinajstić information content (AvgIpc) is 2.78. The molecule has 1 aliphatic rings. The Morgan fingerprint density at radius 3 is 2.28 bits per heavy atom. The number of nitrogens with zero attached hydrogens (tertiary/aromatic N) is 3. The molecule has 2 aromatic carbocycles. The molecule has 6 heteroatoms. The van der Waals surface area contributed by atoms with Crippen molar-refractivity contribution in [3.8, 4) is 11.8 Å². The lowest BCUT2D eigenvalue weighted by atomic mass is 9.91. The molecular formula is C23H27N3O3. The monoisotopic (exact) mass is 393 g/mol. The maximum atomic E-state index is 12.5. The summed E-state index contributed by atoms with van der Waals surface area (Å²) in [5, 5.41) is 9.80. The van der Waals surface area contributed by atoms with Gasteiger partial charge in [0.25, 0.3) is 0 Å². The van der Waals surface area contributed by atoms with E-state index in [1.165, 1.54) is 5.69 Å². The van der Waals surface area contributed by atoms with Gasteiger partial charge in [-0.15, -0.1) is 0 Å². The smallest absolute Gasteiger partial charge is 0.325 e. The Bertz CT molecular complexity index is 825. The Kier molecular flexibility index (Phi) is 7.09. The van der Waals surface area contributed by atoms with Crippen LogP contribution in [-0.4, -0.2) is 50.8 Å². The van der Waals surface area contributed by atoms with Crippen molar-refractivity contribution < 1.29 is 14.3 Å². The summed E-state index contributed by atoms with van der Waals surface area (Å²) in [6, 6.07) is 19.7. The van der Waals surface area contributed by atoms with Crippen LogP contribution in [0.15, 0.2) is 54.6 Å². The van der Waals surface area contributed by atoms with Crippen LogP contribution in [0.3, 0.4) is 0 Å². The summed E-state index contributed by atoms with van der Waals surface area (Å²) >= 11 is 0. The molecule has 152 valence electrons. The summed E-state index contributed by atoms with van der Waals surface area (Å²) in [6.07, 6.45) is 0. The lowest BCUT2D eigenvalue weighted by molar-refractivity contribution is -0.148. The molecule has 29 heavy (non-hydrogen) atoms. The molecule has 2 unspecified atom stereocenters. The molecule has 0 amide bonds. The average molecular weight is 393 g/mol. The van der Waals surface area contributed by atoms with E-state index in [1.807, 2.05) is 42.5 Å². The number of nitriles is 1. The maximum absolute atomic E-state index is 12.5. The number of piperazine rings is 1. The van der Waals surface area contributed by atoms with Crippen LogP contribution in [0.5, 0.6) is 5.75 Å². The van der Waals surface area contributed by atoms with E-state index in [1.54, 1.807) is 14.0 Å². The first-order valence-electron chi connectivity index (χ1n) is 9.92. The third-order valence-corrected chi connectivity index (χ3v) is 5.28. The van der Waals surface area contributed by atoms with E-state index < -0.39 is 11.9 Å². The summed E-state index contributed by atoms with van der Waals surface area (Å²) in [5.74, 6) is -0.612. The largest absolute Gasteiger partial charge is 0.497 e. The Labute approximate surface area is 172 Å². The van der Waals surface area contributed by atoms with E-state index in [9.17, 15) is 10.1 Å². The van der Waals surface area contributed by atoms with Gasteiger partial charge >= 0.3 is 5.97 Å². The van der Waals surface area contributed by atoms with Crippen molar-refractivity contribution in [2.75, 3.05) is 44.8 Å². The quantitative estimate of drug-likeness (QED) is 0.673. The highest BCUT2D eigenvalue weighted by Crippen LogP contribution is 2.32. The minimum absolute atomic E-state index is 0.258. The molecule has 0 N–H and O–H groups in total. The van der Waals surface area contributed by atoms with Crippen LogP contribution in [0.25, 0.3) is 0 Å². The van der Waals surface area contributed by atoms with Crippen LogP contribution < -0.4 is 9.64 Å². The topological polar surface area (TPSA) is 65.8 Å². The standard InChI is InChI=1S/C23H27N3O3/c1-3-29-23(27)21(17-24)22(18-9-11-20(28-2)12-10-18)26-15-13-25(14-16-26)19-7-5-4-6-8-19/h4-12,21-22H,3,13-16H2,1-2H3. The van der Waals surface area contributed by atoms with Gasteiger partial charge in [-0.05, 0) is 36.8 Å². The number of ether oxygens (including phenoxy) is 2. The molecular weight excluding hydrogens is 366 g/mol. The van der Waals surface area contributed by atoms with Crippen LogP contribution in [0.1, 0.15) is 18.5 Å². The number of carbonyl (C=O) groups is 1. The second-order valence-corrected chi connectivity index (χ2v) is 6.94. The summed E-state index contributed by atoms with van der Waals surface area (Å²) < 4.78 is 10.5. The van der Waals surface area contributed by atoms with Crippen LogP contribution in [0.4, 0.5) is 5.69 Å². The normalized spacial score (nSPS) is 16.5. The number of hydrogen-bond acceptors (Lipinski definition) is 6. The van der Waals surface area contributed by atoms with Crippen molar-refractivity contribution in [3.05, 3.63) is 60.2 Å². The first-order chi connectivity index (χ1) is 14.2. The molecule has 0 saturated carbocycles. The van der Waals surface area contributed by atoms with Crippen molar-refractivity contribution in [3.63, 3.8) is 0 Å². The van der Waals surface area contributed by atoms with Gasteiger partial charge in [0.1, 0.15) is 5.75 Å². The third-order valence-electron chi connectivity index (χ3n) is 5.28. The van der Waals surface area contributed by atoms with Gasteiger partial charge in [0.2, 0.25) is 0 Å². The van der Waals surface area contributed by atoms with Gasteiger partial charge in [0, 0.05) is 31.9 Å². The number of hydrogen-bond donors (Lipinski definition) is 0. The molecule has 1 saturated heterocycles. The summed E-state index contributed by atoms with van der Waals surface area (Å²) in [7, 11) is 1.62. The molecule has 0 spiro atoms. The van der Waals surface area contributed by atoms with Gasteiger partial charge < -0.3 is 14.4 Å². The Balaban J connectivity index is 1.83. The van der Waals surface area contributed by atoms with Crippen LogP contribution in [0, 0.1) is 17.2 Å². The van der Waals surface area contributed by atoms with Crippen LogP contribution in [0.2, 0.25) is 0 Å². The van der Waals surface area contributed by atoms with E-state index in [-0.39, 0.29) is 12.6 Å². The van der Waals surface area contributed by atoms with E-state index in [0.29, 0.717) is 0 Å². The number of para-hydroxylation sites is 1. The summed E-state index contributed by atoms with van der Waals surface area (Å²) in [5.41, 5.74) is 2.11. The first-order valence-corrected chi connectivity index (χ1v) is 9.92. The Morgan fingerprint density at radius 2 is 1.72 bits per heavy atom. The number of benzene rings is 2. The molecule has 2 atom stereocenters. The van der Waals surface area contributed by atoms with Crippen molar-refractivity contribution in [1.29, 1.82) is 5.26 Å². The Hall–Kier alpha value is -3.04. The number of rotatable bonds is 7. The number of methoxy groups -OCH3 is 1. The van der Waals surface area contributed by atoms with E-state index in [0.717, 1.165) is 37.5 Å². The third kappa shape index (κ3) is 4.87. The molecule has 1 fully saturated rings. The van der Waals surface area contributed by atoms with Gasteiger partial charge in [-0.2, -0.15) is 5.26 Å². The van der Waals surface area contributed by atoms with Crippen molar-refractivity contribution >= 4 is 11.7 Å². The first kappa shape index (κ1) is 20.7. The van der Waals surface area contributed by atoms with Gasteiger partial charge in [0.15, 0.2) is 5.92 Å². The molecule has 0 aliphatic carbocycles. The fourth-order valence-corrected chi connectivity index (χ4v) is 3.80. The lowest BCUT2D eigenvalue weighted by Crippen LogP contribution is -2.50. The highest BCUT2D eigenvalue weighted by atomic mass is 16.5. The highest BCUT2D eigenvalue weighted by molar-refractivity contribution is 5.76. The van der Waals surface area contributed by atoms with E-state index in [2.05, 4.69) is 28.0 Å². The second kappa shape index (κ2) is 9.94. The Morgan fingerprint density at radius 1 is 1.07 bits per heavy atom. The fourth-order valence-electron chi connectivity index (χ4n) is 3.80. The molecule has 0 aromatic heterocycles. The zero-order chi connectivity index (χ0) is 20.6. The molecule has 1 heterocycles. The minimum Gasteiger partial charge on any atom is -0.497 e. The number of anilines is 1. The molecule has 1 aliphatic heterocycles. The summed E-state index contributed by atoms with van der Waals surface area (Å²) in [6.45, 7) is 5.18. The van der Waals surface area contributed by atoms with E-state index >= 15 is 0 Å². The van der Waals surface area contributed by atoms with Crippen LogP contribution >= 0.6 is 0 Å². The molecule has 6 nitrogen and oxygen atoms in total. The van der Waals surface area contributed by atoms with E-state index in [4.69, 9.17) is 9.47 Å². The lowest BCUT2D eigenvalue weighted by Gasteiger charge is -2.41. The second-order valence-electron chi connectivity index (χ2n) is 6.94.